The highest BCUT2D eigenvalue weighted by Crippen LogP contribution is 2.32. The van der Waals surface area contributed by atoms with Crippen LogP contribution in [0.25, 0.3) is 10.2 Å². The monoisotopic (exact) mass is 319 g/mol. The number of nitrogens with one attached hydrogen (secondary N) is 1. The second-order valence-electron chi connectivity index (χ2n) is 4.83. The molecule has 0 aliphatic heterocycles. The van der Waals surface area contributed by atoms with Crippen molar-refractivity contribution in [2.45, 2.75) is 25.5 Å². The molecule has 3 heterocycles. The summed E-state index contributed by atoms with van der Waals surface area (Å²) in [7, 11) is 2.03. The number of anilines is 1. The average molecular weight is 319 g/mol. The van der Waals surface area contributed by atoms with Crippen LogP contribution >= 0.6 is 23.1 Å². The quantitative estimate of drug-likeness (QED) is 0.747. The maximum Gasteiger partial charge on any atom is 0.167 e. The van der Waals surface area contributed by atoms with Crippen LogP contribution in [0.4, 0.5) is 5.82 Å². The van der Waals surface area contributed by atoms with E-state index in [0.29, 0.717) is 6.54 Å². The van der Waals surface area contributed by atoms with E-state index in [0.717, 1.165) is 26.9 Å². The Kier molecular flexibility index (Phi) is 3.86. The molecule has 0 saturated carbocycles. The van der Waals surface area contributed by atoms with Gasteiger partial charge in [0.25, 0.3) is 0 Å². The zero-order valence-corrected chi connectivity index (χ0v) is 14.1. The molecule has 0 aliphatic carbocycles. The van der Waals surface area contributed by atoms with Crippen molar-refractivity contribution in [3.8, 4) is 0 Å². The molecule has 0 amide bonds. The van der Waals surface area contributed by atoms with E-state index in [4.69, 9.17) is 0 Å². The fourth-order valence-electron chi connectivity index (χ4n) is 2.27. The number of thiophene rings is 1. The highest BCUT2D eigenvalue weighted by atomic mass is 32.2. The minimum absolute atomic E-state index is 0.699. The zero-order valence-electron chi connectivity index (χ0n) is 12.5. The van der Waals surface area contributed by atoms with Crippen LogP contribution in [0.5, 0.6) is 0 Å². The molecular weight excluding hydrogens is 302 g/mol. The van der Waals surface area contributed by atoms with E-state index >= 15 is 0 Å². The van der Waals surface area contributed by atoms with Gasteiger partial charge in [-0.2, -0.15) is 0 Å². The molecule has 0 bridgehead atoms. The molecule has 0 spiro atoms. The van der Waals surface area contributed by atoms with E-state index in [1.165, 1.54) is 10.4 Å². The summed E-state index contributed by atoms with van der Waals surface area (Å²) in [6, 6.07) is 0. The van der Waals surface area contributed by atoms with Gasteiger partial charge in [0, 0.05) is 11.9 Å². The van der Waals surface area contributed by atoms with Crippen molar-refractivity contribution in [3.05, 3.63) is 28.7 Å². The van der Waals surface area contributed by atoms with Crippen molar-refractivity contribution in [3.63, 3.8) is 0 Å². The Labute approximate surface area is 131 Å². The van der Waals surface area contributed by atoms with E-state index in [-0.39, 0.29) is 0 Å². The Hall–Kier alpha value is -1.60. The van der Waals surface area contributed by atoms with Gasteiger partial charge >= 0.3 is 0 Å². The van der Waals surface area contributed by atoms with Gasteiger partial charge in [0.2, 0.25) is 0 Å². The molecule has 5 nitrogen and oxygen atoms in total. The lowest BCUT2D eigenvalue weighted by Gasteiger charge is -2.08. The van der Waals surface area contributed by atoms with Crippen LogP contribution in [0, 0.1) is 13.8 Å². The Morgan fingerprint density at radius 1 is 1.29 bits per heavy atom. The normalized spacial score (nSPS) is 11.2. The van der Waals surface area contributed by atoms with Gasteiger partial charge in [0.1, 0.15) is 17.0 Å². The number of imidazole rings is 1. The Morgan fingerprint density at radius 2 is 2.10 bits per heavy atom. The average Bonchev–Trinajstić information content (AvgIpc) is 2.98. The van der Waals surface area contributed by atoms with Gasteiger partial charge in [0.15, 0.2) is 5.16 Å². The molecule has 0 fully saturated rings. The maximum absolute atomic E-state index is 4.40. The summed E-state index contributed by atoms with van der Waals surface area (Å²) in [5.74, 6) is 0.897. The van der Waals surface area contributed by atoms with Gasteiger partial charge in [-0.3, -0.25) is 0 Å². The predicted molar refractivity (Wildman–Crippen MR) is 89.2 cm³/mol. The summed E-state index contributed by atoms with van der Waals surface area (Å²) in [4.78, 5) is 15.5. The zero-order chi connectivity index (χ0) is 15.0. The number of fused-ring (bicyclic) bond motifs is 1. The number of aryl methyl sites for hydroxylation is 2. The van der Waals surface area contributed by atoms with Crippen molar-refractivity contribution in [2.75, 3.05) is 11.6 Å². The van der Waals surface area contributed by atoms with Crippen LogP contribution in [-0.2, 0) is 13.6 Å². The van der Waals surface area contributed by atoms with Gasteiger partial charge in [0.05, 0.1) is 23.8 Å². The first kappa shape index (κ1) is 14.3. The first-order chi connectivity index (χ1) is 10.1. The van der Waals surface area contributed by atoms with Gasteiger partial charge < -0.3 is 9.88 Å². The summed E-state index contributed by atoms with van der Waals surface area (Å²) in [6.07, 6.45) is 5.56. The molecule has 3 aromatic rings. The minimum Gasteiger partial charge on any atom is -0.364 e. The fourth-order valence-corrected chi connectivity index (χ4v) is 3.82. The number of aromatic nitrogens is 4. The summed E-state index contributed by atoms with van der Waals surface area (Å²) in [5.41, 5.74) is 2.39. The lowest BCUT2D eigenvalue weighted by atomic mass is 10.2. The molecule has 1 N–H and O–H groups in total. The topological polar surface area (TPSA) is 55.6 Å². The van der Waals surface area contributed by atoms with Crippen LogP contribution < -0.4 is 5.32 Å². The summed E-state index contributed by atoms with van der Waals surface area (Å²) in [6.45, 7) is 4.94. The second-order valence-corrected chi connectivity index (χ2v) is 6.81. The molecule has 0 unspecified atom stereocenters. The van der Waals surface area contributed by atoms with E-state index in [1.807, 2.05) is 19.5 Å². The standard InChI is InChI=1S/C14H17N5S2/c1-8-9(2)21-13-11(8)12(17-7-18-13)15-5-10-6-16-14(20-4)19(10)3/h6-7H,5H2,1-4H3,(H,15,17,18). The Bertz CT molecular complexity index is 790. The lowest BCUT2D eigenvalue weighted by Crippen LogP contribution is -2.06. The number of hydrogen-bond donors (Lipinski definition) is 1. The minimum atomic E-state index is 0.699. The van der Waals surface area contributed by atoms with Crippen molar-refractivity contribution < 1.29 is 0 Å². The first-order valence-corrected chi connectivity index (χ1v) is 8.65. The fraction of sp³-hybridized carbons (Fsp3) is 0.357. The van der Waals surface area contributed by atoms with E-state index < -0.39 is 0 Å². The molecule has 0 radical (unpaired) electrons. The van der Waals surface area contributed by atoms with Crippen molar-refractivity contribution >= 4 is 39.1 Å². The molecule has 0 aromatic carbocycles. The van der Waals surface area contributed by atoms with Gasteiger partial charge in [-0.25, -0.2) is 15.0 Å². The summed E-state index contributed by atoms with van der Waals surface area (Å²) >= 11 is 3.36. The van der Waals surface area contributed by atoms with E-state index in [9.17, 15) is 0 Å². The second kappa shape index (κ2) is 5.65. The molecule has 0 saturated heterocycles. The van der Waals surface area contributed by atoms with Crippen LogP contribution in [0.15, 0.2) is 17.7 Å². The van der Waals surface area contributed by atoms with Gasteiger partial charge in [-0.1, -0.05) is 11.8 Å². The van der Waals surface area contributed by atoms with E-state index in [1.54, 1.807) is 29.4 Å². The third-order valence-electron chi connectivity index (χ3n) is 3.63. The lowest BCUT2D eigenvalue weighted by molar-refractivity contribution is 0.747. The smallest absolute Gasteiger partial charge is 0.167 e. The molecule has 21 heavy (non-hydrogen) atoms. The number of thioether (sulfide) groups is 1. The molecule has 0 aliphatic rings. The third kappa shape index (κ3) is 2.51. The number of hydrogen-bond acceptors (Lipinski definition) is 6. The van der Waals surface area contributed by atoms with Crippen LogP contribution in [-0.4, -0.2) is 25.8 Å². The number of nitrogens with zero attached hydrogens (tertiary/aromatic N) is 4. The maximum atomic E-state index is 4.40. The van der Waals surface area contributed by atoms with Crippen molar-refractivity contribution in [1.29, 1.82) is 0 Å². The third-order valence-corrected chi connectivity index (χ3v) is 5.49. The largest absolute Gasteiger partial charge is 0.364 e. The molecule has 3 aromatic heterocycles. The predicted octanol–water partition coefficient (Wildman–Crippen LogP) is 3.38. The van der Waals surface area contributed by atoms with Crippen molar-refractivity contribution in [1.82, 2.24) is 19.5 Å². The van der Waals surface area contributed by atoms with Gasteiger partial charge in [-0.15, -0.1) is 11.3 Å². The molecule has 110 valence electrons. The van der Waals surface area contributed by atoms with Crippen molar-refractivity contribution in [2.24, 2.45) is 7.05 Å². The Morgan fingerprint density at radius 3 is 2.81 bits per heavy atom. The van der Waals surface area contributed by atoms with Crippen LogP contribution in [0.2, 0.25) is 0 Å². The highest BCUT2D eigenvalue weighted by Gasteiger charge is 2.12. The summed E-state index contributed by atoms with van der Waals surface area (Å²) < 4.78 is 2.10. The first-order valence-electron chi connectivity index (χ1n) is 6.61. The highest BCUT2D eigenvalue weighted by molar-refractivity contribution is 7.98. The van der Waals surface area contributed by atoms with Crippen LogP contribution in [0.1, 0.15) is 16.1 Å². The molecule has 7 heteroatoms. The van der Waals surface area contributed by atoms with Gasteiger partial charge in [-0.05, 0) is 25.7 Å². The number of rotatable bonds is 4. The van der Waals surface area contributed by atoms with E-state index in [2.05, 4.69) is 38.7 Å². The summed E-state index contributed by atoms with van der Waals surface area (Å²) in [5, 5.41) is 5.57. The molecule has 0 atom stereocenters. The van der Waals surface area contributed by atoms with Crippen LogP contribution in [0.3, 0.4) is 0 Å². The molecule has 3 rings (SSSR count). The molecular formula is C14H17N5S2. The SMILES string of the molecule is CSc1ncc(CNc2ncnc3sc(C)c(C)c23)n1C. The Balaban J connectivity index is 1.90.